The minimum atomic E-state index is -0.877. The number of imidazole rings is 1. The molecule has 1 fully saturated rings. The van der Waals surface area contributed by atoms with Gasteiger partial charge in [-0.3, -0.25) is 9.47 Å². The first-order chi connectivity index (χ1) is 18.5. The molecule has 4 aromatic rings. The number of hydrogen-bond acceptors (Lipinski definition) is 3. The molecule has 0 bridgehead atoms. The van der Waals surface area contributed by atoms with Crippen molar-refractivity contribution in [2.24, 2.45) is 0 Å². The molecular formula is C31H36N4O3. The fourth-order valence-corrected chi connectivity index (χ4v) is 5.85. The van der Waals surface area contributed by atoms with E-state index in [0.717, 1.165) is 37.0 Å². The quantitative estimate of drug-likeness (QED) is 0.293. The van der Waals surface area contributed by atoms with Crippen LogP contribution in [0.4, 0.5) is 4.79 Å². The van der Waals surface area contributed by atoms with Crippen LogP contribution < -0.4 is 5.69 Å². The number of amides is 1. The molecule has 2 heterocycles. The molecule has 0 radical (unpaired) electrons. The van der Waals surface area contributed by atoms with Crippen molar-refractivity contribution < 1.29 is 9.90 Å². The predicted octanol–water partition coefficient (Wildman–Crippen LogP) is 5.88. The van der Waals surface area contributed by atoms with Gasteiger partial charge in [-0.05, 0) is 55.9 Å². The Kier molecular flexibility index (Phi) is 7.94. The standard InChI is InChI=1S/C31H36N4O3/c1-23(33(21-24-10-4-2-5-11-24)22-25-12-6-3-7-13-25)16-17-26-20-27(18-19-34(26)31(37)38)35-29-15-9-8-14-28(29)32-30(35)36/h2-15,23,26-27H,16-22H2,1H3,(H,32,36)(H,37,38). The van der Waals surface area contributed by atoms with Crippen molar-refractivity contribution in [3.63, 3.8) is 0 Å². The number of nitrogens with zero attached hydrogens (tertiary/aromatic N) is 3. The van der Waals surface area contributed by atoms with Gasteiger partial charge in [0.05, 0.1) is 11.0 Å². The largest absolute Gasteiger partial charge is 0.465 e. The molecule has 0 spiro atoms. The molecule has 0 saturated carbocycles. The first-order valence-corrected chi connectivity index (χ1v) is 13.5. The van der Waals surface area contributed by atoms with Crippen molar-refractivity contribution in [3.05, 3.63) is 107 Å². The second-order valence-electron chi connectivity index (χ2n) is 10.4. The average molecular weight is 513 g/mol. The summed E-state index contributed by atoms with van der Waals surface area (Å²) in [5.41, 5.74) is 4.11. The van der Waals surface area contributed by atoms with Gasteiger partial charge in [0.25, 0.3) is 0 Å². The number of benzene rings is 3. The molecule has 3 atom stereocenters. The molecule has 1 aliphatic rings. The van der Waals surface area contributed by atoms with Crippen LogP contribution in [0.25, 0.3) is 11.0 Å². The van der Waals surface area contributed by atoms with Gasteiger partial charge in [-0.2, -0.15) is 0 Å². The molecule has 3 unspecified atom stereocenters. The van der Waals surface area contributed by atoms with E-state index >= 15 is 0 Å². The van der Waals surface area contributed by atoms with Gasteiger partial charge in [0.1, 0.15) is 0 Å². The monoisotopic (exact) mass is 512 g/mol. The van der Waals surface area contributed by atoms with Crippen LogP contribution in [-0.4, -0.2) is 49.2 Å². The third kappa shape index (κ3) is 5.83. The second-order valence-corrected chi connectivity index (χ2v) is 10.4. The summed E-state index contributed by atoms with van der Waals surface area (Å²) in [7, 11) is 0. The summed E-state index contributed by atoms with van der Waals surface area (Å²) >= 11 is 0. The molecule has 1 amide bonds. The Hall–Kier alpha value is -3.84. The normalized spacial score (nSPS) is 18.6. The van der Waals surface area contributed by atoms with Crippen LogP contribution in [0, 0.1) is 0 Å². The van der Waals surface area contributed by atoms with Gasteiger partial charge in [0.15, 0.2) is 0 Å². The molecular weight excluding hydrogens is 476 g/mol. The van der Waals surface area contributed by atoms with Crippen molar-refractivity contribution in [2.75, 3.05) is 6.54 Å². The summed E-state index contributed by atoms with van der Waals surface area (Å²) in [5.74, 6) is 0. The second kappa shape index (κ2) is 11.7. The van der Waals surface area contributed by atoms with Gasteiger partial charge in [-0.1, -0.05) is 72.8 Å². The van der Waals surface area contributed by atoms with Crippen molar-refractivity contribution in [3.8, 4) is 0 Å². The number of H-pyrrole nitrogens is 1. The van der Waals surface area contributed by atoms with Crippen LogP contribution in [0.2, 0.25) is 0 Å². The molecule has 2 N–H and O–H groups in total. The summed E-state index contributed by atoms with van der Waals surface area (Å²) < 4.78 is 1.84. The molecule has 5 rings (SSSR count). The lowest BCUT2D eigenvalue weighted by Crippen LogP contribution is -2.47. The summed E-state index contributed by atoms with van der Waals surface area (Å²) in [6.07, 6.45) is 2.01. The highest BCUT2D eigenvalue weighted by atomic mass is 16.4. The Morgan fingerprint density at radius 2 is 1.58 bits per heavy atom. The lowest BCUT2D eigenvalue weighted by molar-refractivity contribution is 0.0810. The number of carboxylic acid groups (broad SMARTS) is 1. The number of carbonyl (C=O) groups is 1. The lowest BCUT2D eigenvalue weighted by Gasteiger charge is -2.39. The van der Waals surface area contributed by atoms with Crippen molar-refractivity contribution in [1.29, 1.82) is 0 Å². The fraction of sp³-hybridized carbons (Fsp3) is 0.355. The number of likely N-dealkylation sites (tertiary alicyclic amines) is 1. The van der Waals surface area contributed by atoms with Gasteiger partial charge < -0.3 is 15.0 Å². The minimum Gasteiger partial charge on any atom is -0.465 e. The van der Waals surface area contributed by atoms with E-state index < -0.39 is 6.09 Å². The number of hydrogen-bond donors (Lipinski definition) is 2. The van der Waals surface area contributed by atoms with Crippen LogP contribution in [-0.2, 0) is 13.1 Å². The molecule has 38 heavy (non-hydrogen) atoms. The molecule has 1 aliphatic heterocycles. The van der Waals surface area contributed by atoms with E-state index in [-0.39, 0.29) is 23.8 Å². The minimum absolute atomic E-state index is 0.0284. The first kappa shape index (κ1) is 25.8. The molecule has 1 saturated heterocycles. The summed E-state index contributed by atoms with van der Waals surface area (Å²) in [6, 6.07) is 28.8. The Bertz CT molecular complexity index is 1360. The third-order valence-electron chi connectivity index (χ3n) is 7.92. The van der Waals surface area contributed by atoms with E-state index in [1.54, 1.807) is 4.90 Å². The Morgan fingerprint density at radius 1 is 0.974 bits per heavy atom. The van der Waals surface area contributed by atoms with Gasteiger partial charge in [0.2, 0.25) is 0 Å². The van der Waals surface area contributed by atoms with E-state index in [9.17, 15) is 14.7 Å². The zero-order valence-corrected chi connectivity index (χ0v) is 21.9. The van der Waals surface area contributed by atoms with E-state index in [1.165, 1.54) is 11.1 Å². The van der Waals surface area contributed by atoms with E-state index in [1.807, 2.05) is 41.0 Å². The van der Waals surface area contributed by atoms with Gasteiger partial charge in [-0.15, -0.1) is 0 Å². The van der Waals surface area contributed by atoms with E-state index in [2.05, 4.69) is 65.3 Å². The van der Waals surface area contributed by atoms with Crippen LogP contribution >= 0.6 is 0 Å². The Morgan fingerprint density at radius 3 is 2.21 bits per heavy atom. The molecule has 7 heteroatoms. The summed E-state index contributed by atoms with van der Waals surface area (Å²) in [6.45, 7) is 4.33. The Labute approximate surface area is 223 Å². The number of fused-ring (bicyclic) bond motifs is 1. The smallest absolute Gasteiger partial charge is 0.407 e. The highest BCUT2D eigenvalue weighted by Gasteiger charge is 2.34. The first-order valence-electron chi connectivity index (χ1n) is 13.5. The van der Waals surface area contributed by atoms with E-state index in [4.69, 9.17) is 0 Å². The highest BCUT2D eigenvalue weighted by Crippen LogP contribution is 2.31. The van der Waals surface area contributed by atoms with Gasteiger partial charge >= 0.3 is 11.8 Å². The number of rotatable bonds is 9. The topological polar surface area (TPSA) is 81.6 Å². The van der Waals surface area contributed by atoms with Gasteiger partial charge in [0, 0.05) is 37.8 Å². The SMILES string of the molecule is CC(CCC1CC(n2c(=O)[nH]c3ccccc32)CCN1C(=O)O)N(Cc1ccccc1)Cc1ccccc1. The fourth-order valence-electron chi connectivity index (χ4n) is 5.85. The lowest BCUT2D eigenvalue weighted by atomic mass is 9.92. The van der Waals surface area contributed by atoms with Crippen molar-refractivity contribution in [1.82, 2.24) is 19.4 Å². The number of nitrogens with one attached hydrogen (secondary N) is 1. The Balaban J connectivity index is 1.32. The van der Waals surface area contributed by atoms with Crippen LogP contribution in [0.3, 0.4) is 0 Å². The van der Waals surface area contributed by atoms with E-state index in [0.29, 0.717) is 19.4 Å². The maximum atomic E-state index is 12.8. The summed E-state index contributed by atoms with van der Waals surface area (Å²) in [4.78, 5) is 32.0. The molecule has 0 aliphatic carbocycles. The molecule has 3 aromatic carbocycles. The molecule has 198 valence electrons. The van der Waals surface area contributed by atoms with Gasteiger partial charge in [-0.25, -0.2) is 9.59 Å². The van der Waals surface area contributed by atoms with Crippen molar-refractivity contribution >= 4 is 17.1 Å². The molecule has 1 aromatic heterocycles. The third-order valence-corrected chi connectivity index (χ3v) is 7.92. The number of piperidine rings is 1. The molecule has 7 nitrogen and oxygen atoms in total. The zero-order valence-electron chi connectivity index (χ0n) is 21.9. The predicted molar refractivity (Wildman–Crippen MR) is 150 cm³/mol. The number of aromatic nitrogens is 2. The van der Waals surface area contributed by atoms with Crippen molar-refractivity contribution in [2.45, 2.75) is 63.8 Å². The maximum Gasteiger partial charge on any atom is 0.407 e. The van der Waals surface area contributed by atoms with Crippen LogP contribution in [0.1, 0.15) is 49.8 Å². The highest BCUT2D eigenvalue weighted by molar-refractivity contribution is 5.75. The number of para-hydroxylation sites is 2. The van der Waals surface area contributed by atoms with Crippen LogP contribution in [0.15, 0.2) is 89.7 Å². The van der Waals surface area contributed by atoms with Crippen LogP contribution in [0.5, 0.6) is 0 Å². The maximum absolute atomic E-state index is 12.8. The average Bonchev–Trinajstić information content (AvgIpc) is 3.28. The zero-order chi connectivity index (χ0) is 26.5. The summed E-state index contributed by atoms with van der Waals surface area (Å²) in [5, 5.41) is 9.96. The number of aromatic amines is 1.